The highest BCUT2D eigenvalue weighted by molar-refractivity contribution is 5.80. The molecule has 28 heavy (non-hydrogen) atoms. The van der Waals surface area contributed by atoms with Gasteiger partial charge in [0.2, 0.25) is 5.91 Å². The van der Waals surface area contributed by atoms with E-state index < -0.39 is 0 Å². The molecule has 7 heteroatoms. The molecule has 1 aliphatic heterocycles. The van der Waals surface area contributed by atoms with Gasteiger partial charge in [-0.05, 0) is 5.56 Å². The van der Waals surface area contributed by atoms with Crippen molar-refractivity contribution in [2.45, 2.75) is 19.0 Å². The van der Waals surface area contributed by atoms with Gasteiger partial charge in [-0.25, -0.2) is 0 Å². The van der Waals surface area contributed by atoms with Crippen LogP contribution >= 0.6 is 0 Å². The van der Waals surface area contributed by atoms with Gasteiger partial charge in [0, 0.05) is 65.9 Å². The minimum Gasteiger partial charge on any atom is -0.349 e. The number of aliphatic imine (C=N–C) groups is 1. The van der Waals surface area contributed by atoms with Crippen LogP contribution in [0.15, 0.2) is 47.7 Å². The monoisotopic (exact) mass is 382 g/mol. The first kappa shape index (κ1) is 19.9. The average Bonchev–Trinajstić information content (AvgIpc) is 3.20. The molecule has 0 spiro atoms. The van der Waals surface area contributed by atoms with Crippen LogP contribution in [-0.4, -0.2) is 78.1 Å². The zero-order chi connectivity index (χ0) is 20.3. The summed E-state index contributed by atoms with van der Waals surface area (Å²) in [4.78, 5) is 23.0. The Kier molecular flexibility index (Phi) is 6.02. The third kappa shape index (κ3) is 4.35. The molecule has 0 unspecified atom stereocenters. The second kappa shape index (κ2) is 8.46. The van der Waals surface area contributed by atoms with Crippen molar-refractivity contribution >= 4 is 11.9 Å². The standard InChI is InChI=1S/C21H30N6O/c1-24(2)21(25(3)4)22-12-17-11-19(28)26(5)20(17)18-13-23-27(15-18)14-16-9-7-6-8-10-16/h6-10,13,15,17,20H,11-12,14H2,1-5H3/t17-,20+/m0/s1. The van der Waals surface area contributed by atoms with E-state index in [0.29, 0.717) is 13.0 Å². The number of carbonyl (C=O) groups excluding carboxylic acids is 1. The summed E-state index contributed by atoms with van der Waals surface area (Å²) in [6.45, 7) is 1.33. The minimum absolute atomic E-state index is 0.00588. The van der Waals surface area contributed by atoms with E-state index in [0.717, 1.165) is 18.1 Å². The van der Waals surface area contributed by atoms with Gasteiger partial charge < -0.3 is 14.7 Å². The first-order chi connectivity index (χ1) is 13.4. The second-order valence-electron chi connectivity index (χ2n) is 7.80. The molecule has 0 bridgehead atoms. The van der Waals surface area contributed by atoms with Crippen LogP contribution in [-0.2, 0) is 11.3 Å². The van der Waals surface area contributed by atoms with Crippen LogP contribution in [0.1, 0.15) is 23.6 Å². The van der Waals surface area contributed by atoms with Crippen molar-refractivity contribution in [1.29, 1.82) is 0 Å². The molecule has 0 N–H and O–H groups in total. The molecule has 1 aromatic heterocycles. The summed E-state index contributed by atoms with van der Waals surface area (Å²) in [5.41, 5.74) is 2.27. The maximum absolute atomic E-state index is 12.4. The quantitative estimate of drug-likeness (QED) is 0.586. The zero-order valence-corrected chi connectivity index (χ0v) is 17.4. The molecule has 1 amide bonds. The molecule has 1 fully saturated rings. The largest absolute Gasteiger partial charge is 0.349 e. The molecule has 2 atom stereocenters. The Hall–Kier alpha value is -2.83. The molecule has 2 aromatic rings. The van der Waals surface area contributed by atoms with Crippen LogP contribution in [0, 0.1) is 5.92 Å². The van der Waals surface area contributed by atoms with Crippen molar-refractivity contribution < 1.29 is 4.79 Å². The summed E-state index contributed by atoms with van der Waals surface area (Å²) < 4.78 is 1.94. The van der Waals surface area contributed by atoms with E-state index in [1.807, 2.05) is 79.0 Å². The van der Waals surface area contributed by atoms with Crippen molar-refractivity contribution in [3.05, 3.63) is 53.9 Å². The van der Waals surface area contributed by atoms with Crippen molar-refractivity contribution in [2.24, 2.45) is 10.9 Å². The van der Waals surface area contributed by atoms with Crippen LogP contribution in [0.5, 0.6) is 0 Å². The summed E-state index contributed by atoms with van der Waals surface area (Å²) >= 11 is 0. The third-order valence-electron chi connectivity index (χ3n) is 5.14. The Labute approximate surface area is 167 Å². The smallest absolute Gasteiger partial charge is 0.223 e. The van der Waals surface area contributed by atoms with E-state index in [4.69, 9.17) is 4.99 Å². The predicted octanol–water partition coefficient (Wildman–Crippen LogP) is 1.93. The second-order valence-corrected chi connectivity index (χ2v) is 7.80. The number of hydrogen-bond acceptors (Lipinski definition) is 3. The van der Waals surface area contributed by atoms with E-state index in [1.54, 1.807) is 0 Å². The molecule has 0 radical (unpaired) electrons. The lowest BCUT2D eigenvalue weighted by Gasteiger charge is -2.25. The van der Waals surface area contributed by atoms with Crippen molar-refractivity contribution in [3.63, 3.8) is 0 Å². The van der Waals surface area contributed by atoms with E-state index in [2.05, 4.69) is 23.4 Å². The van der Waals surface area contributed by atoms with E-state index >= 15 is 0 Å². The van der Waals surface area contributed by atoms with Gasteiger partial charge in [0.15, 0.2) is 5.96 Å². The molecule has 150 valence electrons. The number of nitrogens with zero attached hydrogens (tertiary/aromatic N) is 6. The van der Waals surface area contributed by atoms with Gasteiger partial charge >= 0.3 is 0 Å². The molecular weight excluding hydrogens is 352 g/mol. The first-order valence-electron chi connectivity index (χ1n) is 9.58. The van der Waals surface area contributed by atoms with Gasteiger partial charge in [-0.1, -0.05) is 30.3 Å². The van der Waals surface area contributed by atoms with Crippen LogP contribution in [0.25, 0.3) is 0 Å². The Morgan fingerprint density at radius 1 is 1.18 bits per heavy atom. The normalized spacial score (nSPS) is 19.0. The molecule has 1 aliphatic rings. The maximum Gasteiger partial charge on any atom is 0.223 e. The Balaban J connectivity index is 1.78. The minimum atomic E-state index is 0.00588. The number of guanidine groups is 1. The SMILES string of the molecule is CN(C)C(=NC[C@@H]1CC(=O)N(C)[C@H]1c1cnn(Cc2ccccc2)c1)N(C)C. The highest BCUT2D eigenvalue weighted by atomic mass is 16.2. The summed E-state index contributed by atoms with van der Waals surface area (Å²) in [6, 6.07) is 10.3. The maximum atomic E-state index is 12.4. The molecular formula is C21H30N6O. The lowest BCUT2D eigenvalue weighted by atomic mass is 9.96. The molecule has 1 aromatic carbocycles. The van der Waals surface area contributed by atoms with E-state index in [9.17, 15) is 4.79 Å². The number of carbonyl (C=O) groups is 1. The summed E-state index contributed by atoms with van der Waals surface area (Å²) in [5.74, 6) is 1.21. The number of benzene rings is 1. The Morgan fingerprint density at radius 2 is 1.86 bits per heavy atom. The van der Waals surface area contributed by atoms with Crippen LogP contribution in [0.3, 0.4) is 0 Å². The first-order valence-corrected chi connectivity index (χ1v) is 9.58. The molecule has 2 heterocycles. The summed E-state index contributed by atoms with van der Waals surface area (Å²) in [6.07, 6.45) is 4.46. The van der Waals surface area contributed by atoms with Crippen LogP contribution in [0.2, 0.25) is 0 Å². The number of rotatable bonds is 5. The predicted molar refractivity (Wildman–Crippen MR) is 111 cm³/mol. The van der Waals surface area contributed by atoms with Gasteiger partial charge in [-0.3, -0.25) is 14.5 Å². The highest BCUT2D eigenvalue weighted by Crippen LogP contribution is 2.37. The molecule has 0 saturated carbocycles. The molecule has 3 rings (SSSR count). The van der Waals surface area contributed by atoms with Gasteiger partial charge in [-0.15, -0.1) is 0 Å². The van der Waals surface area contributed by atoms with Gasteiger partial charge in [0.25, 0.3) is 0 Å². The van der Waals surface area contributed by atoms with Crippen molar-refractivity contribution in [2.75, 3.05) is 41.8 Å². The van der Waals surface area contributed by atoms with Crippen LogP contribution in [0.4, 0.5) is 0 Å². The molecule has 0 aliphatic carbocycles. The fraction of sp³-hybridized carbons (Fsp3) is 0.476. The topological polar surface area (TPSA) is 57.0 Å². The third-order valence-corrected chi connectivity index (χ3v) is 5.14. The number of likely N-dealkylation sites (tertiary alicyclic amines) is 1. The van der Waals surface area contributed by atoms with Crippen molar-refractivity contribution in [3.8, 4) is 0 Å². The zero-order valence-electron chi connectivity index (χ0n) is 17.4. The molecule has 7 nitrogen and oxygen atoms in total. The molecule has 1 saturated heterocycles. The van der Waals surface area contributed by atoms with E-state index in [-0.39, 0.29) is 17.9 Å². The number of aromatic nitrogens is 2. The van der Waals surface area contributed by atoms with Gasteiger partial charge in [0.05, 0.1) is 18.8 Å². The number of amides is 1. The Morgan fingerprint density at radius 3 is 2.50 bits per heavy atom. The fourth-order valence-corrected chi connectivity index (χ4v) is 3.88. The lowest BCUT2D eigenvalue weighted by Crippen LogP contribution is -2.36. The van der Waals surface area contributed by atoms with Gasteiger partial charge in [0.1, 0.15) is 0 Å². The summed E-state index contributed by atoms with van der Waals surface area (Å²) in [5, 5.41) is 4.53. The van der Waals surface area contributed by atoms with Crippen LogP contribution < -0.4 is 0 Å². The fourth-order valence-electron chi connectivity index (χ4n) is 3.88. The van der Waals surface area contributed by atoms with E-state index in [1.165, 1.54) is 5.56 Å². The lowest BCUT2D eigenvalue weighted by molar-refractivity contribution is -0.127. The Bertz CT molecular complexity index is 816. The van der Waals surface area contributed by atoms with Gasteiger partial charge in [-0.2, -0.15) is 5.10 Å². The number of hydrogen-bond donors (Lipinski definition) is 0. The highest BCUT2D eigenvalue weighted by Gasteiger charge is 2.39. The average molecular weight is 383 g/mol. The summed E-state index contributed by atoms with van der Waals surface area (Å²) in [7, 11) is 9.81. The van der Waals surface area contributed by atoms with Crippen molar-refractivity contribution in [1.82, 2.24) is 24.5 Å².